The molecule has 0 aliphatic heterocycles. The lowest BCUT2D eigenvalue weighted by Crippen LogP contribution is -2.26. The van der Waals surface area contributed by atoms with E-state index in [0.717, 1.165) is 18.5 Å². The van der Waals surface area contributed by atoms with Crippen molar-refractivity contribution in [3.05, 3.63) is 30.1 Å². The summed E-state index contributed by atoms with van der Waals surface area (Å²) in [5, 5.41) is 2.99. The number of nitrogens with one attached hydrogen (secondary N) is 2. The van der Waals surface area contributed by atoms with Crippen LogP contribution in [-0.4, -0.2) is 32.7 Å². The Balaban J connectivity index is 2.30. The Morgan fingerprint density at radius 1 is 1.24 bits per heavy atom. The summed E-state index contributed by atoms with van der Waals surface area (Å²) in [5.74, 6) is 0.180. The molecule has 0 atom stereocenters. The molecule has 6 heteroatoms. The zero-order valence-electron chi connectivity index (χ0n) is 10.0. The van der Waals surface area contributed by atoms with Gasteiger partial charge in [0.2, 0.25) is 10.0 Å². The van der Waals surface area contributed by atoms with Gasteiger partial charge in [-0.3, -0.25) is 4.98 Å². The molecular weight excluding hydrogens is 238 g/mol. The molecule has 1 heterocycles. The van der Waals surface area contributed by atoms with E-state index in [4.69, 9.17) is 0 Å². The van der Waals surface area contributed by atoms with Crippen molar-refractivity contribution >= 4 is 10.0 Å². The summed E-state index contributed by atoms with van der Waals surface area (Å²) in [7, 11) is -1.30. The van der Waals surface area contributed by atoms with Crippen molar-refractivity contribution in [1.82, 2.24) is 15.0 Å². The van der Waals surface area contributed by atoms with Gasteiger partial charge in [0, 0.05) is 18.9 Å². The predicted octanol–water partition coefficient (Wildman–Crippen LogP) is 0.501. The smallest absolute Gasteiger partial charge is 0.211 e. The third-order valence-corrected chi connectivity index (χ3v) is 3.75. The van der Waals surface area contributed by atoms with Crippen LogP contribution in [0.5, 0.6) is 0 Å². The van der Waals surface area contributed by atoms with Crippen LogP contribution in [0, 0.1) is 0 Å². The van der Waals surface area contributed by atoms with Gasteiger partial charge in [-0.05, 0) is 44.1 Å². The Labute approximate surface area is 103 Å². The van der Waals surface area contributed by atoms with Crippen LogP contribution >= 0.6 is 0 Å². The van der Waals surface area contributed by atoms with Crippen LogP contribution in [0.2, 0.25) is 0 Å². The normalized spacial score (nSPS) is 11.6. The van der Waals surface area contributed by atoms with Gasteiger partial charge < -0.3 is 5.32 Å². The van der Waals surface area contributed by atoms with Gasteiger partial charge in [-0.25, -0.2) is 13.1 Å². The summed E-state index contributed by atoms with van der Waals surface area (Å²) < 4.78 is 25.8. The van der Waals surface area contributed by atoms with Crippen molar-refractivity contribution < 1.29 is 8.42 Å². The number of sulfonamides is 1. The van der Waals surface area contributed by atoms with Crippen molar-refractivity contribution in [3.63, 3.8) is 0 Å². The first-order valence-electron chi connectivity index (χ1n) is 5.65. The van der Waals surface area contributed by atoms with E-state index in [-0.39, 0.29) is 5.75 Å². The number of nitrogens with zero attached hydrogens (tertiary/aromatic N) is 1. The number of pyridine rings is 1. The molecule has 1 aromatic rings. The van der Waals surface area contributed by atoms with E-state index in [9.17, 15) is 8.42 Å². The van der Waals surface area contributed by atoms with Crippen molar-refractivity contribution in [2.75, 3.05) is 19.3 Å². The first-order valence-corrected chi connectivity index (χ1v) is 7.30. The third-order valence-electron chi connectivity index (χ3n) is 2.34. The summed E-state index contributed by atoms with van der Waals surface area (Å²) in [6.45, 7) is 1.18. The SMILES string of the molecule is CNCCCCS(=O)(=O)NCc1ccncc1. The lowest BCUT2D eigenvalue weighted by molar-refractivity contribution is 0.575. The molecule has 2 N–H and O–H groups in total. The largest absolute Gasteiger partial charge is 0.320 e. The molecule has 17 heavy (non-hydrogen) atoms. The first-order chi connectivity index (χ1) is 8.14. The monoisotopic (exact) mass is 257 g/mol. The second kappa shape index (κ2) is 7.37. The van der Waals surface area contributed by atoms with Crippen molar-refractivity contribution in [3.8, 4) is 0 Å². The Bertz CT molecular complexity index is 406. The Hall–Kier alpha value is -0.980. The van der Waals surface area contributed by atoms with Gasteiger partial charge in [-0.2, -0.15) is 0 Å². The Morgan fingerprint density at radius 3 is 2.59 bits per heavy atom. The lowest BCUT2D eigenvalue weighted by Gasteiger charge is -2.06. The second-order valence-electron chi connectivity index (χ2n) is 3.81. The summed E-state index contributed by atoms with van der Waals surface area (Å²) in [4.78, 5) is 3.88. The minimum Gasteiger partial charge on any atom is -0.320 e. The highest BCUT2D eigenvalue weighted by molar-refractivity contribution is 7.89. The Kier molecular flexibility index (Phi) is 6.10. The lowest BCUT2D eigenvalue weighted by atomic mass is 10.3. The summed E-state index contributed by atoms with van der Waals surface area (Å²) in [5.41, 5.74) is 0.916. The van der Waals surface area contributed by atoms with Gasteiger partial charge in [-0.15, -0.1) is 0 Å². The first kappa shape index (κ1) is 14.1. The highest BCUT2D eigenvalue weighted by atomic mass is 32.2. The van der Waals surface area contributed by atoms with Gasteiger partial charge >= 0.3 is 0 Å². The molecule has 0 saturated heterocycles. The van der Waals surface area contributed by atoms with Crippen LogP contribution in [0.4, 0.5) is 0 Å². The average molecular weight is 257 g/mol. The van der Waals surface area contributed by atoms with E-state index >= 15 is 0 Å². The van der Waals surface area contributed by atoms with Crippen molar-refractivity contribution in [2.45, 2.75) is 19.4 Å². The van der Waals surface area contributed by atoms with E-state index in [1.165, 1.54) is 0 Å². The molecule has 0 aliphatic carbocycles. The van der Waals surface area contributed by atoms with Gasteiger partial charge in [0.05, 0.1) is 5.75 Å². The average Bonchev–Trinajstić information content (AvgIpc) is 2.34. The van der Waals surface area contributed by atoms with Crippen LogP contribution in [0.3, 0.4) is 0 Å². The molecule has 1 rings (SSSR count). The van der Waals surface area contributed by atoms with Gasteiger partial charge in [0.25, 0.3) is 0 Å². The zero-order valence-corrected chi connectivity index (χ0v) is 10.8. The molecule has 0 bridgehead atoms. The number of hydrogen-bond donors (Lipinski definition) is 2. The minimum atomic E-state index is -3.16. The number of aromatic nitrogens is 1. The summed E-state index contributed by atoms with van der Waals surface area (Å²) in [6.07, 6.45) is 4.84. The molecule has 0 saturated carbocycles. The third kappa shape index (κ3) is 6.35. The van der Waals surface area contributed by atoms with E-state index in [1.807, 2.05) is 7.05 Å². The van der Waals surface area contributed by atoms with Crippen LogP contribution in [0.1, 0.15) is 18.4 Å². The minimum absolute atomic E-state index is 0.180. The van der Waals surface area contributed by atoms with Crippen molar-refractivity contribution in [1.29, 1.82) is 0 Å². The molecule has 96 valence electrons. The molecule has 0 aliphatic rings. The quantitative estimate of drug-likeness (QED) is 0.665. The maximum absolute atomic E-state index is 11.6. The van der Waals surface area contributed by atoms with Crippen LogP contribution in [-0.2, 0) is 16.6 Å². The Morgan fingerprint density at radius 2 is 1.94 bits per heavy atom. The van der Waals surface area contributed by atoms with E-state index in [0.29, 0.717) is 13.0 Å². The van der Waals surface area contributed by atoms with Crippen LogP contribution < -0.4 is 10.0 Å². The molecule has 5 nitrogen and oxygen atoms in total. The molecule has 0 spiro atoms. The summed E-state index contributed by atoms with van der Waals surface area (Å²) in [6, 6.07) is 3.59. The molecule has 0 unspecified atom stereocenters. The molecule has 0 fully saturated rings. The second-order valence-corrected chi connectivity index (χ2v) is 5.73. The topological polar surface area (TPSA) is 71.1 Å². The molecule has 0 radical (unpaired) electrons. The highest BCUT2D eigenvalue weighted by Crippen LogP contribution is 1.99. The fraction of sp³-hybridized carbons (Fsp3) is 0.545. The van der Waals surface area contributed by atoms with E-state index in [1.54, 1.807) is 24.5 Å². The maximum Gasteiger partial charge on any atom is 0.211 e. The molecule has 0 amide bonds. The number of hydrogen-bond acceptors (Lipinski definition) is 4. The zero-order chi connectivity index (χ0) is 12.6. The fourth-order valence-corrected chi connectivity index (χ4v) is 2.48. The van der Waals surface area contributed by atoms with Crippen LogP contribution in [0.15, 0.2) is 24.5 Å². The maximum atomic E-state index is 11.6. The van der Waals surface area contributed by atoms with E-state index < -0.39 is 10.0 Å². The van der Waals surface area contributed by atoms with E-state index in [2.05, 4.69) is 15.0 Å². The standard InChI is InChI=1S/C11H19N3O2S/c1-12-6-2-3-9-17(15,16)14-10-11-4-7-13-8-5-11/h4-5,7-8,12,14H,2-3,6,9-10H2,1H3. The molecule has 1 aromatic heterocycles. The number of rotatable bonds is 8. The van der Waals surface area contributed by atoms with Gasteiger partial charge in [-0.1, -0.05) is 0 Å². The predicted molar refractivity (Wildman–Crippen MR) is 68.0 cm³/mol. The fourth-order valence-electron chi connectivity index (χ4n) is 1.36. The molecular formula is C11H19N3O2S. The van der Waals surface area contributed by atoms with Gasteiger partial charge in [0.1, 0.15) is 0 Å². The molecule has 0 aromatic carbocycles. The number of unbranched alkanes of at least 4 members (excludes halogenated alkanes) is 1. The van der Waals surface area contributed by atoms with Gasteiger partial charge in [0.15, 0.2) is 0 Å². The van der Waals surface area contributed by atoms with Crippen LogP contribution in [0.25, 0.3) is 0 Å². The highest BCUT2D eigenvalue weighted by Gasteiger charge is 2.08. The van der Waals surface area contributed by atoms with Crippen molar-refractivity contribution in [2.24, 2.45) is 0 Å². The summed E-state index contributed by atoms with van der Waals surface area (Å²) >= 11 is 0.